The van der Waals surface area contributed by atoms with Crippen molar-refractivity contribution in [2.45, 2.75) is 72.3 Å². The number of aliphatic hydroxyl groups is 2. The monoisotopic (exact) mass is 414 g/mol. The van der Waals surface area contributed by atoms with Gasteiger partial charge in [0.25, 0.3) is 0 Å². The van der Waals surface area contributed by atoms with Crippen LogP contribution in [0.25, 0.3) is 0 Å². The maximum absolute atomic E-state index is 8.82. The maximum atomic E-state index is 8.82. The Morgan fingerprint density at radius 3 is 1.25 bits per heavy atom. The minimum absolute atomic E-state index is 0. The number of hydrogen-bond acceptors (Lipinski definition) is 3. The molecule has 0 bridgehead atoms. The Morgan fingerprint density at radius 1 is 0.679 bits per heavy atom. The van der Waals surface area contributed by atoms with Gasteiger partial charge in [0.1, 0.15) is 0 Å². The second-order valence-electron chi connectivity index (χ2n) is 6.61. The number of aliphatic hydroxyl groups excluding tert-OH is 2. The summed E-state index contributed by atoms with van der Waals surface area (Å²) in [5.74, 6) is 1.33. The van der Waals surface area contributed by atoms with E-state index in [2.05, 4.69) is 71.0 Å². The van der Waals surface area contributed by atoms with Crippen LogP contribution in [-0.4, -0.2) is 22.8 Å². The van der Waals surface area contributed by atoms with E-state index >= 15 is 0 Å². The molecule has 2 rings (SSSR count). The van der Waals surface area contributed by atoms with Crippen molar-refractivity contribution in [1.82, 2.24) is 0 Å². The van der Waals surface area contributed by atoms with Gasteiger partial charge >= 0.3 is 51.4 Å². The van der Waals surface area contributed by atoms with E-state index < -0.39 is 0 Å². The second-order valence-corrected chi connectivity index (χ2v) is 6.61. The Labute approximate surface area is 215 Å². The van der Waals surface area contributed by atoms with Gasteiger partial charge in [-0.25, -0.2) is 0 Å². The first-order valence-electron chi connectivity index (χ1n) is 9.78. The van der Waals surface area contributed by atoms with Gasteiger partial charge < -0.3 is 15.7 Å². The van der Waals surface area contributed by atoms with Crippen LogP contribution in [0.2, 0.25) is 0 Å². The van der Waals surface area contributed by atoms with Gasteiger partial charge in [-0.1, -0.05) is 83.1 Å². The molecule has 0 aliphatic rings. The average Bonchev–Trinajstić information content (AvgIpc) is 2.74. The van der Waals surface area contributed by atoms with Crippen molar-refractivity contribution in [2.75, 3.05) is 7.11 Å². The molecule has 0 saturated heterocycles. The van der Waals surface area contributed by atoms with Crippen LogP contribution in [-0.2, 0) is 13.0 Å². The van der Waals surface area contributed by atoms with E-state index in [-0.39, 0.29) is 63.5 Å². The van der Waals surface area contributed by atoms with Crippen LogP contribution in [0.15, 0.2) is 48.5 Å². The molecule has 0 radical (unpaired) electrons. The number of hydrogen-bond donors (Lipinski definition) is 2. The molecule has 0 saturated carbocycles. The normalized spacial score (nSPS) is 11.3. The molecule has 4 heteroatoms. The van der Waals surface area contributed by atoms with E-state index in [4.69, 9.17) is 10.2 Å². The molecule has 0 spiro atoms. The van der Waals surface area contributed by atoms with Crippen LogP contribution in [0.4, 0.5) is 0 Å². The first kappa shape index (κ1) is 32.6. The largest absolute Gasteiger partial charge is 1.00 e. The summed E-state index contributed by atoms with van der Waals surface area (Å²) in [7, 11) is 1.00. The molecule has 0 heterocycles. The van der Waals surface area contributed by atoms with Crippen LogP contribution in [0.5, 0.6) is 0 Å². The molecule has 2 unspecified atom stereocenters. The predicted molar refractivity (Wildman–Crippen MR) is 116 cm³/mol. The first-order chi connectivity index (χ1) is 12.5. The zero-order valence-corrected chi connectivity index (χ0v) is 22.1. The summed E-state index contributed by atoms with van der Waals surface area (Å²) in [4.78, 5) is 0. The molecule has 0 fully saturated rings. The maximum Gasteiger partial charge on any atom is 1.00 e. The third-order valence-electron chi connectivity index (χ3n) is 4.91. The van der Waals surface area contributed by atoms with Crippen molar-refractivity contribution in [3.8, 4) is 0 Å². The van der Waals surface area contributed by atoms with E-state index in [0.717, 1.165) is 19.1 Å². The quantitative estimate of drug-likeness (QED) is 0.714. The zero-order valence-electron chi connectivity index (χ0n) is 18.9. The van der Waals surface area contributed by atoms with Crippen molar-refractivity contribution in [1.29, 1.82) is 0 Å². The average molecular weight is 415 g/mol. The Hall–Kier alpha value is -0.0436. The van der Waals surface area contributed by atoms with Crippen molar-refractivity contribution < 1.29 is 67.1 Å². The van der Waals surface area contributed by atoms with E-state index in [0.29, 0.717) is 11.8 Å². The van der Waals surface area contributed by atoms with Gasteiger partial charge in [-0.15, -0.1) is 0 Å². The Morgan fingerprint density at radius 2 is 1.00 bits per heavy atom. The van der Waals surface area contributed by atoms with E-state index in [1.54, 1.807) is 0 Å². The third-order valence-corrected chi connectivity index (χ3v) is 4.91. The molecule has 0 aliphatic heterocycles. The van der Waals surface area contributed by atoms with E-state index in [1.165, 1.54) is 29.5 Å². The van der Waals surface area contributed by atoms with Gasteiger partial charge in [0.15, 0.2) is 0 Å². The summed E-state index contributed by atoms with van der Waals surface area (Å²) in [6.45, 7) is 11.2. The van der Waals surface area contributed by atoms with Crippen molar-refractivity contribution >= 4 is 0 Å². The van der Waals surface area contributed by atoms with Gasteiger partial charge in [-0.3, -0.25) is 0 Å². The Bertz CT molecular complexity index is 514. The van der Waals surface area contributed by atoms with Gasteiger partial charge in [-0.05, 0) is 53.4 Å². The molecule has 0 aromatic heterocycles. The van der Waals surface area contributed by atoms with Crippen LogP contribution in [0.3, 0.4) is 0 Å². The second kappa shape index (κ2) is 20.2. The molecular weight excluding hydrogens is 375 g/mol. The zero-order chi connectivity index (χ0) is 19.9. The molecule has 28 heavy (non-hydrogen) atoms. The summed E-state index contributed by atoms with van der Waals surface area (Å²) in [6, 6.07) is 17.2. The smallest absolute Gasteiger partial charge is 0.870 e. The fraction of sp³-hybridized carbons (Fsp3) is 0.500. The van der Waals surface area contributed by atoms with E-state index in [1.807, 2.05) is 12.1 Å². The van der Waals surface area contributed by atoms with Gasteiger partial charge in [-0.2, -0.15) is 0 Å². The topological polar surface area (TPSA) is 70.5 Å². The predicted octanol–water partition coefficient (Wildman–Crippen LogP) is 2.89. The molecule has 154 valence electrons. The van der Waals surface area contributed by atoms with E-state index in [9.17, 15) is 0 Å². The van der Waals surface area contributed by atoms with Crippen molar-refractivity contribution in [3.05, 3.63) is 70.8 Å². The van der Waals surface area contributed by atoms with Gasteiger partial charge in [0, 0.05) is 7.11 Å². The summed E-state index contributed by atoms with van der Waals surface area (Å²) < 4.78 is 0. The number of aryl methyl sites for hydroxylation is 1. The van der Waals surface area contributed by atoms with Crippen molar-refractivity contribution in [3.63, 3.8) is 0 Å². The summed E-state index contributed by atoms with van der Waals surface area (Å²) in [5, 5.41) is 15.8. The molecule has 0 aliphatic carbocycles. The molecule has 2 atom stereocenters. The fourth-order valence-corrected chi connectivity index (χ4v) is 2.50. The minimum Gasteiger partial charge on any atom is -0.870 e. The van der Waals surface area contributed by atoms with Crippen LogP contribution < -0.4 is 51.4 Å². The molecule has 2 aromatic carbocycles. The van der Waals surface area contributed by atoms with Crippen LogP contribution >= 0.6 is 0 Å². The third kappa shape index (κ3) is 12.5. The van der Waals surface area contributed by atoms with Gasteiger partial charge in [0.05, 0.1) is 6.61 Å². The summed E-state index contributed by atoms with van der Waals surface area (Å²) in [6.07, 6.45) is 3.53. The summed E-state index contributed by atoms with van der Waals surface area (Å²) >= 11 is 0. The molecular formula is C24H39KO3. The Kier molecular flexibility index (Phi) is 23.6. The molecule has 3 nitrogen and oxygen atoms in total. The standard InChI is InChI=1S/C12H18.C11H16O.CH4O.K.H2O/c1-4-10(3)12-8-6-11(5-2)7-9-12;1-3-9(2)11-6-4-10(8-12)5-7-11;1-2;;/h6-10H,4-5H2,1-3H3;4-7,9,12H,3,8H2,1-2H3;2H,1H3;;1H2/q;;;+1;/p-1. The SMILES string of the molecule is CCC(C)c1ccc(CO)cc1.CCc1ccc(C(C)CC)cc1.CO.[K+].[OH-]. The fourth-order valence-electron chi connectivity index (χ4n) is 2.50. The number of benzene rings is 2. The first-order valence-corrected chi connectivity index (χ1v) is 9.78. The summed E-state index contributed by atoms with van der Waals surface area (Å²) in [5.41, 5.74) is 5.24. The number of rotatable bonds is 6. The molecule has 2 aromatic rings. The Balaban J connectivity index is -0.000000385. The van der Waals surface area contributed by atoms with Crippen molar-refractivity contribution in [2.24, 2.45) is 0 Å². The molecule has 3 N–H and O–H groups in total. The van der Waals surface area contributed by atoms with Crippen LogP contribution in [0.1, 0.15) is 81.5 Å². The van der Waals surface area contributed by atoms with Gasteiger partial charge in [0.2, 0.25) is 0 Å². The minimum atomic E-state index is 0. The van der Waals surface area contributed by atoms with Crippen LogP contribution in [0, 0.1) is 0 Å². The molecule has 0 amide bonds.